The highest BCUT2D eigenvalue weighted by Gasteiger charge is 2.18. The number of thioether (sulfide) groups is 1. The first-order valence-corrected chi connectivity index (χ1v) is 8.45. The van der Waals surface area contributed by atoms with Crippen molar-refractivity contribution in [1.82, 2.24) is 20.2 Å². The molecule has 0 radical (unpaired) electrons. The van der Waals surface area contributed by atoms with Crippen molar-refractivity contribution < 1.29 is 4.79 Å². The second-order valence-corrected chi connectivity index (χ2v) is 6.59. The Morgan fingerprint density at radius 3 is 2.79 bits per heavy atom. The maximum atomic E-state index is 12.3. The normalized spacial score (nSPS) is 11.9. The van der Waals surface area contributed by atoms with Crippen molar-refractivity contribution in [2.24, 2.45) is 0 Å². The Bertz CT molecular complexity index is 839. The van der Waals surface area contributed by atoms with Crippen LogP contribution in [0.1, 0.15) is 6.92 Å². The van der Waals surface area contributed by atoms with E-state index in [4.69, 9.17) is 11.6 Å². The highest BCUT2D eigenvalue weighted by atomic mass is 35.5. The zero-order valence-corrected chi connectivity index (χ0v) is 14.3. The minimum absolute atomic E-state index is 0.194. The molecule has 0 aliphatic heterocycles. The van der Waals surface area contributed by atoms with Crippen LogP contribution in [-0.2, 0) is 4.79 Å². The second-order valence-electron chi connectivity index (χ2n) is 4.92. The van der Waals surface area contributed by atoms with Crippen molar-refractivity contribution in [3.05, 3.63) is 53.8 Å². The monoisotopic (exact) mass is 359 g/mol. The van der Waals surface area contributed by atoms with Gasteiger partial charge in [-0.2, -0.15) is 0 Å². The van der Waals surface area contributed by atoms with Gasteiger partial charge in [-0.05, 0) is 19.1 Å². The van der Waals surface area contributed by atoms with E-state index in [0.717, 1.165) is 5.56 Å². The van der Waals surface area contributed by atoms with E-state index >= 15 is 0 Å². The van der Waals surface area contributed by atoms with Gasteiger partial charge in [0.2, 0.25) is 11.1 Å². The van der Waals surface area contributed by atoms with Gasteiger partial charge in [0.1, 0.15) is 0 Å². The molecule has 0 saturated carbocycles. The number of carbonyl (C=O) groups excluding carboxylic acids is 1. The lowest BCUT2D eigenvalue weighted by molar-refractivity contribution is -0.115. The molecule has 6 nitrogen and oxygen atoms in total. The van der Waals surface area contributed by atoms with Gasteiger partial charge in [-0.1, -0.05) is 53.7 Å². The lowest BCUT2D eigenvalue weighted by atomic mass is 10.2. The number of halogens is 1. The number of hydrogen-bond donors (Lipinski definition) is 2. The van der Waals surface area contributed by atoms with Crippen molar-refractivity contribution >= 4 is 35.0 Å². The molecule has 122 valence electrons. The molecular weight excluding hydrogens is 346 g/mol. The first kappa shape index (κ1) is 16.5. The third-order valence-electron chi connectivity index (χ3n) is 3.18. The first-order chi connectivity index (χ1) is 11.6. The van der Waals surface area contributed by atoms with E-state index in [0.29, 0.717) is 16.7 Å². The van der Waals surface area contributed by atoms with Crippen LogP contribution in [0, 0.1) is 0 Å². The molecule has 0 aliphatic rings. The molecule has 24 heavy (non-hydrogen) atoms. The largest absolute Gasteiger partial charge is 0.322 e. The smallest absolute Gasteiger partial charge is 0.237 e. The van der Waals surface area contributed by atoms with Crippen molar-refractivity contribution in [3.63, 3.8) is 0 Å². The molecule has 2 heterocycles. The average molecular weight is 360 g/mol. The van der Waals surface area contributed by atoms with Crippen molar-refractivity contribution in [3.8, 4) is 11.4 Å². The summed E-state index contributed by atoms with van der Waals surface area (Å²) in [5.74, 6) is 0.474. The minimum Gasteiger partial charge on any atom is -0.322 e. The number of amides is 1. The lowest BCUT2D eigenvalue weighted by Gasteiger charge is -2.10. The molecule has 0 spiro atoms. The summed E-state index contributed by atoms with van der Waals surface area (Å²) in [5, 5.41) is 10.2. The molecule has 0 bridgehead atoms. The number of H-pyrrole nitrogens is 1. The molecule has 8 heteroatoms. The van der Waals surface area contributed by atoms with Crippen LogP contribution < -0.4 is 5.32 Å². The quantitative estimate of drug-likeness (QED) is 0.536. The third kappa shape index (κ3) is 3.93. The summed E-state index contributed by atoms with van der Waals surface area (Å²) in [5.41, 5.74) is 1.42. The Morgan fingerprint density at radius 1 is 1.25 bits per heavy atom. The SMILES string of the molecule is C[C@@H](Sc1n[nH]c(-c2ccccc2)n1)C(=O)Nc1cccnc1Cl. The van der Waals surface area contributed by atoms with E-state index < -0.39 is 0 Å². The Morgan fingerprint density at radius 2 is 2.04 bits per heavy atom. The molecule has 1 atom stereocenters. The summed E-state index contributed by atoms with van der Waals surface area (Å²) >= 11 is 7.21. The number of nitrogens with one attached hydrogen (secondary N) is 2. The fourth-order valence-corrected chi connectivity index (χ4v) is 2.84. The van der Waals surface area contributed by atoms with Gasteiger partial charge < -0.3 is 5.32 Å². The predicted molar refractivity (Wildman–Crippen MR) is 95.0 cm³/mol. The molecular formula is C16H14ClN5OS. The Kier molecular flexibility index (Phi) is 5.12. The molecule has 3 rings (SSSR count). The zero-order chi connectivity index (χ0) is 16.9. The minimum atomic E-state index is -0.388. The Balaban J connectivity index is 1.65. The Labute approximate surface area is 148 Å². The van der Waals surface area contributed by atoms with Gasteiger partial charge >= 0.3 is 0 Å². The van der Waals surface area contributed by atoms with Gasteiger partial charge in [-0.15, -0.1) is 5.10 Å². The maximum absolute atomic E-state index is 12.3. The number of aromatic amines is 1. The number of anilines is 1. The number of aromatic nitrogens is 4. The number of carbonyl (C=O) groups is 1. The summed E-state index contributed by atoms with van der Waals surface area (Å²) in [6.45, 7) is 1.78. The van der Waals surface area contributed by atoms with E-state index in [1.165, 1.54) is 11.8 Å². The van der Waals surface area contributed by atoms with Gasteiger partial charge in [0.05, 0.1) is 10.9 Å². The molecule has 0 saturated heterocycles. The molecule has 0 aliphatic carbocycles. The topological polar surface area (TPSA) is 83.6 Å². The molecule has 0 unspecified atom stereocenters. The fraction of sp³-hybridized carbons (Fsp3) is 0.125. The molecule has 2 N–H and O–H groups in total. The summed E-state index contributed by atoms with van der Waals surface area (Å²) in [4.78, 5) is 20.6. The number of pyridine rings is 1. The van der Waals surface area contributed by atoms with Gasteiger partial charge in [0, 0.05) is 11.8 Å². The second kappa shape index (κ2) is 7.46. The number of benzene rings is 1. The summed E-state index contributed by atoms with van der Waals surface area (Å²) in [7, 11) is 0. The molecule has 0 fully saturated rings. The number of rotatable bonds is 5. The van der Waals surface area contributed by atoms with E-state index in [1.54, 1.807) is 25.3 Å². The summed E-state index contributed by atoms with van der Waals surface area (Å²) < 4.78 is 0. The van der Waals surface area contributed by atoms with Gasteiger partial charge in [0.15, 0.2) is 11.0 Å². The summed E-state index contributed by atoms with van der Waals surface area (Å²) in [6, 6.07) is 13.1. The van der Waals surface area contributed by atoms with Crippen LogP contribution in [-0.4, -0.2) is 31.3 Å². The van der Waals surface area contributed by atoms with Crippen molar-refractivity contribution in [2.75, 3.05) is 5.32 Å². The van der Waals surface area contributed by atoms with Crippen molar-refractivity contribution in [2.45, 2.75) is 17.3 Å². The van der Waals surface area contributed by atoms with E-state index in [-0.39, 0.29) is 16.3 Å². The predicted octanol–water partition coefficient (Wildman–Crippen LogP) is 3.64. The van der Waals surface area contributed by atoms with Gasteiger partial charge in [0.25, 0.3) is 0 Å². The van der Waals surface area contributed by atoms with Gasteiger partial charge in [-0.25, -0.2) is 9.97 Å². The average Bonchev–Trinajstić information content (AvgIpc) is 3.06. The van der Waals surface area contributed by atoms with Crippen LogP contribution in [0.2, 0.25) is 5.15 Å². The van der Waals surface area contributed by atoms with E-state index in [1.807, 2.05) is 30.3 Å². The highest BCUT2D eigenvalue weighted by molar-refractivity contribution is 8.00. The van der Waals surface area contributed by atoms with E-state index in [9.17, 15) is 4.79 Å². The standard InChI is InChI=1S/C16H14ClN5OS/c1-10(15(23)19-12-8-5-9-18-13(12)17)24-16-20-14(21-22-16)11-6-3-2-4-7-11/h2-10H,1H3,(H,19,23)(H,20,21,22)/t10-/m1/s1. The fourth-order valence-electron chi connectivity index (χ4n) is 1.95. The van der Waals surface area contributed by atoms with Crippen LogP contribution in [0.3, 0.4) is 0 Å². The lowest BCUT2D eigenvalue weighted by Crippen LogP contribution is -2.22. The number of hydrogen-bond acceptors (Lipinski definition) is 5. The molecule has 1 aromatic carbocycles. The van der Waals surface area contributed by atoms with Crippen LogP contribution in [0.4, 0.5) is 5.69 Å². The zero-order valence-electron chi connectivity index (χ0n) is 12.7. The first-order valence-electron chi connectivity index (χ1n) is 7.19. The van der Waals surface area contributed by atoms with Crippen molar-refractivity contribution in [1.29, 1.82) is 0 Å². The van der Waals surface area contributed by atoms with Crippen LogP contribution in [0.5, 0.6) is 0 Å². The van der Waals surface area contributed by atoms with Crippen LogP contribution >= 0.6 is 23.4 Å². The van der Waals surface area contributed by atoms with Crippen LogP contribution in [0.25, 0.3) is 11.4 Å². The highest BCUT2D eigenvalue weighted by Crippen LogP contribution is 2.24. The van der Waals surface area contributed by atoms with Crippen LogP contribution in [0.15, 0.2) is 53.8 Å². The van der Waals surface area contributed by atoms with Gasteiger partial charge in [-0.3, -0.25) is 9.89 Å². The molecule has 3 aromatic rings. The maximum Gasteiger partial charge on any atom is 0.237 e. The van der Waals surface area contributed by atoms with E-state index in [2.05, 4.69) is 25.5 Å². The summed E-state index contributed by atoms with van der Waals surface area (Å²) in [6.07, 6.45) is 1.56. The molecule has 2 aromatic heterocycles. The molecule has 1 amide bonds. The third-order valence-corrected chi connectivity index (χ3v) is 4.44. The Hall–Kier alpha value is -2.38. The number of nitrogens with zero attached hydrogens (tertiary/aromatic N) is 3.